The van der Waals surface area contributed by atoms with E-state index >= 15 is 0 Å². The van der Waals surface area contributed by atoms with Gasteiger partial charge in [-0.05, 0) is 13.0 Å². The third kappa shape index (κ3) is 2.35. The highest BCUT2D eigenvalue weighted by molar-refractivity contribution is 7.18. The van der Waals surface area contributed by atoms with Crippen molar-refractivity contribution in [3.63, 3.8) is 0 Å². The highest BCUT2D eigenvalue weighted by atomic mass is 32.1. The molecule has 5 heteroatoms. The summed E-state index contributed by atoms with van der Waals surface area (Å²) in [5, 5.41) is 2.42. The molecule has 4 rings (SSSR count). The number of aryl methyl sites for hydroxylation is 1. The van der Waals surface area contributed by atoms with Crippen LogP contribution in [0.5, 0.6) is 0 Å². The molecular formula is C16H19N3OS. The molecule has 0 saturated carbocycles. The third-order valence-corrected chi connectivity index (χ3v) is 5.15. The summed E-state index contributed by atoms with van der Waals surface area (Å²) in [5.41, 5.74) is 2.47. The van der Waals surface area contributed by atoms with Crippen LogP contribution in [0.4, 0.5) is 0 Å². The number of para-hydroxylation sites is 1. The number of hydrogen-bond acceptors (Lipinski definition) is 4. The van der Waals surface area contributed by atoms with Gasteiger partial charge in [0.1, 0.15) is 10.3 Å². The van der Waals surface area contributed by atoms with E-state index in [0.29, 0.717) is 0 Å². The van der Waals surface area contributed by atoms with Crippen molar-refractivity contribution in [1.29, 1.82) is 0 Å². The van der Waals surface area contributed by atoms with E-state index in [0.717, 1.165) is 49.9 Å². The van der Waals surface area contributed by atoms with Crippen LogP contribution in [0.25, 0.3) is 21.3 Å². The van der Waals surface area contributed by atoms with E-state index in [1.54, 1.807) is 11.3 Å². The van der Waals surface area contributed by atoms with Gasteiger partial charge < -0.3 is 9.30 Å². The second kappa shape index (κ2) is 5.40. The van der Waals surface area contributed by atoms with Crippen molar-refractivity contribution in [2.24, 2.45) is 0 Å². The first-order chi connectivity index (χ1) is 10.3. The van der Waals surface area contributed by atoms with E-state index in [4.69, 9.17) is 9.72 Å². The van der Waals surface area contributed by atoms with E-state index in [1.807, 2.05) is 0 Å². The maximum Gasteiger partial charge on any atom is 0.124 e. The molecule has 0 amide bonds. The average molecular weight is 301 g/mol. The highest BCUT2D eigenvalue weighted by Gasteiger charge is 2.16. The van der Waals surface area contributed by atoms with Gasteiger partial charge in [0.2, 0.25) is 0 Å². The minimum absolute atomic E-state index is 0.863. The van der Waals surface area contributed by atoms with Gasteiger partial charge >= 0.3 is 0 Å². The van der Waals surface area contributed by atoms with Gasteiger partial charge in [0.05, 0.1) is 23.7 Å². The molecule has 1 aliphatic rings. The van der Waals surface area contributed by atoms with Crippen LogP contribution in [0.1, 0.15) is 5.01 Å². The van der Waals surface area contributed by atoms with Crippen molar-refractivity contribution < 1.29 is 4.74 Å². The lowest BCUT2D eigenvalue weighted by Gasteiger charge is -2.26. The number of ether oxygens (including phenoxy) is 1. The van der Waals surface area contributed by atoms with E-state index in [2.05, 4.69) is 40.7 Å². The number of rotatable bonds is 3. The standard InChI is InChI=1S/C16H19N3OS/c1-12-17-15-13-4-2-3-5-14(13)19(16(15)21-12)7-6-18-8-10-20-11-9-18/h2-5H,6-11H2,1H3. The van der Waals surface area contributed by atoms with Gasteiger partial charge in [-0.15, -0.1) is 11.3 Å². The van der Waals surface area contributed by atoms with Crippen molar-refractivity contribution >= 4 is 32.6 Å². The van der Waals surface area contributed by atoms with Crippen LogP contribution in [0.15, 0.2) is 24.3 Å². The molecule has 21 heavy (non-hydrogen) atoms. The lowest BCUT2D eigenvalue weighted by atomic mass is 10.2. The summed E-state index contributed by atoms with van der Waals surface area (Å²) < 4.78 is 7.86. The smallest absolute Gasteiger partial charge is 0.124 e. The molecule has 0 radical (unpaired) electrons. The molecule has 0 aliphatic carbocycles. The van der Waals surface area contributed by atoms with Crippen LogP contribution in [-0.2, 0) is 11.3 Å². The highest BCUT2D eigenvalue weighted by Crippen LogP contribution is 2.32. The largest absolute Gasteiger partial charge is 0.379 e. The molecule has 1 fully saturated rings. The van der Waals surface area contributed by atoms with E-state index in [1.165, 1.54) is 15.7 Å². The molecule has 110 valence electrons. The minimum atomic E-state index is 0.863. The summed E-state index contributed by atoms with van der Waals surface area (Å²) in [6.45, 7) is 8.00. The zero-order chi connectivity index (χ0) is 14.2. The molecule has 0 spiro atoms. The van der Waals surface area contributed by atoms with Gasteiger partial charge in [0.25, 0.3) is 0 Å². The second-order valence-corrected chi connectivity index (χ2v) is 6.69. The van der Waals surface area contributed by atoms with Crippen molar-refractivity contribution in [1.82, 2.24) is 14.5 Å². The number of thiazole rings is 1. The SMILES string of the molecule is Cc1nc2c3ccccc3n(CCN3CCOCC3)c2s1. The van der Waals surface area contributed by atoms with Crippen LogP contribution in [0.2, 0.25) is 0 Å². The molecular weight excluding hydrogens is 282 g/mol. The molecule has 1 aromatic carbocycles. The molecule has 4 nitrogen and oxygen atoms in total. The van der Waals surface area contributed by atoms with Crippen molar-refractivity contribution in [3.05, 3.63) is 29.3 Å². The van der Waals surface area contributed by atoms with Crippen LogP contribution in [0.3, 0.4) is 0 Å². The maximum atomic E-state index is 5.42. The van der Waals surface area contributed by atoms with Crippen LogP contribution in [0, 0.1) is 6.92 Å². The first-order valence-electron chi connectivity index (χ1n) is 7.47. The van der Waals surface area contributed by atoms with Crippen LogP contribution < -0.4 is 0 Å². The van der Waals surface area contributed by atoms with Gasteiger partial charge in [-0.3, -0.25) is 4.90 Å². The maximum absolute atomic E-state index is 5.42. The average Bonchev–Trinajstić information content (AvgIpc) is 3.02. The molecule has 0 unspecified atom stereocenters. The zero-order valence-corrected chi connectivity index (χ0v) is 13.0. The Labute approximate surface area is 127 Å². The first-order valence-corrected chi connectivity index (χ1v) is 8.29. The summed E-state index contributed by atoms with van der Waals surface area (Å²) in [5.74, 6) is 0. The molecule has 1 aliphatic heterocycles. The minimum Gasteiger partial charge on any atom is -0.379 e. The van der Waals surface area contributed by atoms with Crippen molar-refractivity contribution in [3.8, 4) is 0 Å². The number of nitrogens with zero attached hydrogens (tertiary/aromatic N) is 3. The molecule has 2 aromatic heterocycles. The molecule has 1 saturated heterocycles. The summed E-state index contributed by atoms with van der Waals surface area (Å²) in [6.07, 6.45) is 0. The fourth-order valence-electron chi connectivity index (χ4n) is 3.08. The Morgan fingerprint density at radius 1 is 1.19 bits per heavy atom. The Morgan fingerprint density at radius 2 is 2.00 bits per heavy atom. The van der Waals surface area contributed by atoms with Crippen LogP contribution in [-0.4, -0.2) is 47.3 Å². The predicted molar refractivity (Wildman–Crippen MR) is 87.1 cm³/mol. The Bertz CT molecular complexity index is 770. The van der Waals surface area contributed by atoms with E-state index < -0.39 is 0 Å². The fraction of sp³-hybridized carbons (Fsp3) is 0.438. The summed E-state index contributed by atoms with van der Waals surface area (Å²) in [6, 6.07) is 8.60. The molecule has 0 atom stereocenters. The summed E-state index contributed by atoms with van der Waals surface area (Å²) >= 11 is 1.80. The Hall–Kier alpha value is -1.43. The molecule has 3 aromatic rings. The first kappa shape index (κ1) is 13.2. The van der Waals surface area contributed by atoms with Gasteiger partial charge in [0.15, 0.2) is 0 Å². The van der Waals surface area contributed by atoms with E-state index in [9.17, 15) is 0 Å². The second-order valence-electron chi connectivity index (χ2n) is 5.51. The van der Waals surface area contributed by atoms with Crippen molar-refractivity contribution in [2.75, 3.05) is 32.8 Å². The fourth-order valence-corrected chi connectivity index (χ4v) is 4.05. The molecule has 3 heterocycles. The number of morpholine rings is 1. The van der Waals surface area contributed by atoms with Gasteiger partial charge in [-0.2, -0.15) is 0 Å². The number of fused-ring (bicyclic) bond motifs is 3. The summed E-state index contributed by atoms with van der Waals surface area (Å²) in [4.78, 5) is 8.51. The van der Waals surface area contributed by atoms with Crippen molar-refractivity contribution in [2.45, 2.75) is 13.5 Å². The molecule has 0 bridgehead atoms. The summed E-state index contributed by atoms with van der Waals surface area (Å²) in [7, 11) is 0. The quantitative estimate of drug-likeness (QED) is 0.745. The monoisotopic (exact) mass is 301 g/mol. The zero-order valence-electron chi connectivity index (χ0n) is 12.2. The Morgan fingerprint density at radius 3 is 2.86 bits per heavy atom. The van der Waals surface area contributed by atoms with Crippen LogP contribution >= 0.6 is 11.3 Å². The van der Waals surface area contributed by atoms with Gasteiger partial charge in [-0.1, -0.05) is 18.2 Å². The van der Waals surface area contributed by atoms with E-state index in [-0.39, 0.29) is 0 Å². The van der Waals surface area contributed by atoms with Gasteiger partial charge in [0, 0.05) is 31.6 Å². The van der Waals surface area contributed by atoms with Gasteiger partial charge in [-0.25, -0.2) is 4.98 Å². The number of benzene rings is 1. The lowest BCUT2D eigenvalue weighted by molar-refractivity contribution is 0.0367. The topological polar surface area (TPSA) is 30.3 Å². The molecule has 0 N–H and O–H groups in total. The predicted octanol–water partition coefficient (Wildman–Crippen LogP) is 2.89. The number of aromatic nitrogens is 2. The lowest BCUT2D eigenvalue weighted by Crippen LogP contribution is -2.38. The Kier molecular flexibility index (Phi) is 3.41. The normalized spacial score (nSPS) is 17.0. The number of hydrogen-bond donors (Lipinski definition) is 0. The third-order valence-electron chi connectivity index (χ3n) is 4.15. The Balaban J connectivity index is 1.71.